The predicted molar refractivity (Wildman–Crippen MR) is 153 cm³/mol. The molecule has 0 spiro atoms. The van der Waals surface area contributed by atoms with E-state index < -0.39 is 35.2 Å². The number of alkyl halides is 9. The Labute approximate surface area is 253 Å². The lowest BCUT2D eigenvalue weighted by molar-refractivity contribution is -0.138. The third-order valence-corrected chi connectivity index (χ3v) is 6.88. The summed E-state index contributed by atoms with van der Waals surface area (Å²) in [7, 11) is 0. The standard InChI is InChI=1S/C36H21F9/c1-22-31(19-10-25-4-13-28(14-5-25)34(37,38)39)23(2)33(21-12-27-8-17-30(18-9-27)36(43,44)45)24(3)32(22)20-11-26-6-15-29(16-7-26)35(40,41)42/h4-9,13-18H,1-3H3. The lowest BCUT2D eigenvalue weighted by Crippen LogP contribution is -2.04. The summed E-state index contributed by atoms with van der Waals surface area (Å²) in [5.74, 6) is 17.5. The Morgan fingerprint density at radius 3 is 0.711 bits per heavy atom. The Hall–Kier alpha value is -5.07. The molecule has 0 aliphatic rings. The summed E-state index contributed by atoms with van der Waals surface area (Å²) in [6.45, 7) is 5.21. The van der Waals surface area contributed by atoms with Crippen molar-refractivity contribution in [2.45, 2.75) is 39.3 Å². The average molecular weight is 625 g/mol. The first kappa shape index (κ1) is 32.8. The zero-order valence-corrected chi connectivity index (χ0v) is 23.8. The van der Waals surface area contributed by atoms with Gasteiger partial charge in [0.05, 0.1) is 16.7 Å². The molecule has 0 unspecified atom stereocenters. The van der Waals surface area contributed by atoms with Gasteiger partial charge in [0.25, 0.3) is 0 Å². The SMILES string of the molecule is Cc1c(C#Cc2ccc(C(F)(F)F)cc2)c(C)c(C#Cc2ccc(C(F)(F)F)cc2)c(C)c1C#Cc1ccc(C(F)(F)F)cc1. The summed E-state index contributed by atoms with van der Waals surface area (Å²) >= 11 is 0. The number of benzene rings is 4. The molecular weight excluding hydrogens is 603 g/mol. The second kappa shape index (κ2) is 12.5. The van der Waals surface area contributed by atoms with Crippen LogP contribution in [0.1, 0.15) is 66.8 Å². The minimum Gasteiger partial charge on any atom is -0.166 e. The van der Waals surface area contributed by atoms with Crippen LogP contribution in [-0.4, -0.2) is 0 Å². The second-order valence-electron chi connectivity index (χ2n) is 9.98. The monoisotopic (exact) mass is 624 g/mol. The Morgan fingerprint density at radius 1 is 0.333 bits per heavy atom. The van der Waals surface area contributed by atoms with Crippen LogP contribution >= 0.6 is 0 Å². The van der Waals surface area contributed by atoms with E-state index in [9.17, 15) is 39.5 Å². The van der Waals surface area contributed by atoms with Gasteiger partial charge in [0.15, 0.2) is 0 Å². The summed E-state index contributed by atoms with van der Waals surface area (Å²) in [5, 5.41) is 0. The van der Waals surface area contributed by atoms with E-state index in [1.165, 1.54) is 36.4 Å². The van der Waals surface area contributed by atoms with Gasteiger partial charge in [-0.2, -0.15) is 39.5 Å². The van der Waals surface area contributed by atoms with Crippen LogP contribution < -0.4 is 0 Å². The molecule has 0 amide bonds. The van der Waals surface area contributed by atoms with E-state index in [-0.39, 0.29) is 0 Å². The highest BCUT2D eigenvalue weighted by Gasteiger charge is 2.31. The van der Waals surface area contributed by atoms with E-state index in [4.69, 9.17) is 0 Å². The van der Waals surface area contributed by atoms with Crippen molar-refractivity contribution in [3.05, 3.63) is 140 Å². The topological polar surface area (TPSA) is 0 Å². The van der Waals surface area contributed by atoms with Crippen LogP contribution in [0.4, 0.5) is 39.5 Å². The zero-order valence-electron chi connectivity index (χ0n) is 23.8. The molecule has 9 heteroatoms. The van der Waals surface area contributed by atoms with Crippen LogP contribution in [0, 0.1) is 56.3 Å². The van der Waals surface area contributed by atoms with E-state index in [2.05, 4.69) is 35.5 Å². The highest BCUT2D eigenvalue weighted by Crippen LogP contribution is 2.31. The van der Waals surface area contributed by atoms with Gasteiger partial charge in [0.1, 0.15) is 0 Å². The van der Waals surface area contributed by atoms with Crippen molar-refractivity contribution < 1.29 is 39.5 Å². The predicted octanol–water partition coefficient (Wildman–Crippen LogP) is 9.87. The van der Waals surface area contributed by atoms with Crippen molar-refractivity contribution >= 4 is 0 Å². The summed E-state index contributed by atoms with van der Waals surface area (Å²) in [4.78, 5) is 0. The minimum atomic E-state index is -4.50. The van der Waals surface area contributed by atoms with Crippen LogP contribution in [0.5, 0.6) is 0 Å². The Bertz CT molecular complexity index is 1650. The lowest BCUT2D eigenvalue weighted by atomic mass is 9.88. The summed E-state index contributed by atoms with van der Waals surface area (Å²) < 4.78 is 117. The molecule has 4 aromatic rings. The molecule has 4 aromatic carbocycles. The summed E-state index contributed by atoms with van der Waals surface area (Å²) in [6.07, 6.45) is -13.5. The maximum atomic E-state index is 13.0. The highest BCUT2D eigenvalue weighted by atomic mass is 19.4. The fourth-order valence-corrected chi connectivity index (χ4v) is 4.41. The molecule has 0 nitrogen and oxygen atoms in total. The molecule has 0 aliphatic heterocycles. The first-order valence-corrected chi connectivity index (χ1v) is 13.2. The molecule has 0 saturated carbocycles. The van der Waals surface area contributed by atoms with Gasteiger partial charge in [0, 0.05) is 33.4 Å². The largest absolute Gasteiger partial charge is 0.416 e. The Balaban J connectivity index is 1.83. The fraction of sp³-hybridized carbons (Fsp3) is 0.167. The van der Waals surface area contributed by atoms with Crippen molar-refractivity contribution in [2.24, 2.45) is 0 Å². The van der Waals surface area contributed by atoms with Crippen molar-refractivity contribution in [2.75, 3.05) is 0 Å². The van der Waals surface area contributed by atoms with Crippen LogP contribution in [0.3, 0.4) is 0 Å². The molecular formula is C36H21F9. The molecule has 228 valence electrons. The highest BCUT2D eigenvalue weighted by molar-refractivity contribution is 5.67. The Kier molecular flexibility index (Phi) is 9.12. The third kappa shape index (κ3) is 7.91. The smallest absolute Gasteiger partial charge is 0.166 e. The molecule has 0 saturated heterocycles. The minimum absolute atomic E-state index is 0.317. The van der Waals surface area contributed by atoms with Crippen LogP contribution in [0.15, 0.2) is 72.8 Å². The van der Waals surface area contributed by atoms with Gasteiger partial charge >= 0.3 is 18.5 Å². The zero-order chi connectivity index (χ0) is 33.2. The normalized spacial score (nSPS) is 11.5. The second-order valence-corrected chi connectivity index (χ2v) is 9.98. The van der Waals surface area contributed by atoms with Crippen molar-refractivity contribution in [1.29, 1.82) is 0 Å². The fourth-order valence-electron chi connectivity index (χ4n) is 4.41. The van der Waals surface area contributed by atoms with Crippen LogP contribution in [-0.2, 0) is 18.5 Å². The number of hydrogen-bond donors (Lipinski definition) is 0. The maximum absolute atomic E-state index is 13.0. The molecule has 0 aliphatic carbocycles. The van der Waals surface area contributed by atoms with E-state index in [0.29, 0.717) is 50.1 Å². The van der Waals surface area contributed by atoms with Gasteiger partial charge in [-0.25, -0.2) is 0 Å². The number of halogens is 9. The molecule has 0 fully saturated rings. The first-order valence-electron chi connectivity index (χ1n) is 13.2. The molecule has 0 bridgehead atoms. The number of hydrogen-bond acceptors (Lipinski definition) is 0. The van der Waals surface area contributed by atoms with Gasteiger partial charge in [-0.05, 0) is 110 Å². The van der Waals surface area contributed by atoms with Crippen molar-refractivity contribution in [1.82, 2.24) is 0 Å². The van der Waals surface area contributed by atoms with E-state index in [1.807, 2.05) is 0 Å². The molecule has 0 atom stereocenters. The Morgan fingerprint density at radius 2 is 0.533 bits per heavy atom. The van der Waals surface area contributed by atoms with E-state index >= 15 is 0 Å². The van der Waals surface area contributed by atoms with Crippen molar-refractivity contribution in [3.63, 3.8) is 0 Å². The quantitative estimate of drug-likeness (QED) is 0.135. The summed E-state index contributed by atoms with van der Waals surface area (Å²) in [6, 6.07) is 13.0. The molecule has 4 rings (SSSR count). The molecule has 45 heavy (non-hydrogen) atoms. The summed E-state index contributed by atoms with van der Waals surface area (Å²) in [5.41, 5.74) is 1.77. The van der Waals surface area contributed by atoms with E-state index in [1.54, 1.807) is 20.8 Å². The third-order valence-electron chi connectivity index (χ3n) is 6.88. The maximum Gasteiger partial charge on any atom is 0.416 e. The number of rotatable bonds is 0. The van der Waals surface area contributed by atoms with Gasteiger partial charge < -0.3 is 0 Å². The molecule has 0 N–H and O–H groups in total. The molecule has 0 heterocycles. The molecule has 0 aromatic heterocycles. The first-order chi connectivity index (χ1) is 20.9. The average Bonchev–Trinajstić information content (AvgIpc) is 2.96. The van der Waals surface area contributed by atoms with Gasteiger partial charge in [0.2, 0.25) is 0 Å². The van der Waals surface area contributed by atoms with E-state index in [0.717, 1.165) is 36.4 Å². The van der Waals surface area contributed by atoms with Gasteiger partial charge in [-0.1, -0.05) is 35.5 Å². The van der Waals surface area contributed by atoms with Crippen LogP contribution in [0.25, 0.3) is 0 Å². The van der Waals surface area contributed by atoms with Gasteiger partial charge in [-0.3, -0.25) is 0 Å². The van der Waals surface area contributed by atoms with Gasteiger partial charge in [-0.15, -0.1) is 0 Å². The van der Waals surface area contributed by atoms with Crippen molar-refractivity contribution in [3.8, 4) is 35.5 Å². The van der Waals surface area contributed by atoms with Crippen LogP contribution in [0.2, 0.25) is 0 Å². The lowest BCUT2D eigenvalue weighted by Gasteiger charge is -2.14. The molecule has 0 radical (unpaired) electrons.